The Morgan fingerprint density at radius 3 is 1.67 bits per heavy atom. The van der Waals surface area contributed by atoms with Gasteiger partial charge in [-0.2, -0.15) is 0 Å². The second kappa shape index (κ2) is 18.5. The minimum Gasteiger partial charge on any atom is -0.316 e. The molecule has 158 valence electrons. The van der Waals surface area contributed by atoms with Crippen LogP contribution in [0.4, 0.5) is 0 Å². The standard InChI is InChI=1S/C9H12.C8H16.C6H13N.C3H8/c1-3-9-6-4-8(2)5-7-9;1-2-8-6-4-3-5-7-8;1-2-6-3-4-7-5-6;1-3-2/h4-7H,3H2,1-2H3;8H,2-7H2,1H3;6-7H,2-5H2,1H3;3H2,1-2H3. The molecule has 1 heterocycles. The predicted octanol–water partition coefficient (Wildman–Crippen LogP) is 7.96. The van der Waals surface area contributed by atoms with E-state index in [0.29, 0.717) is 0 Å². The highest BCUT2D eigenvalue weighted by atomic mass is 14.9. The molecule has 0 amide bonds. The fraction of sp³-hybridized carbons (Fsp3) is 0.769. The number of nitrogens with one attached hydrogen (secondary N) is 1. The van der Waals surface area contributed by atoms with Gasteiger partial charge in [-0.15, -0.1) is 0 Å². The first-order valence-corrected chi connectivity index (χ1v) is 11.9. The van der Waals surface area contributed by atoms with E-state index in [9.17, 15) is 0 Å². The Morgan fingerprint density at radius 2 is 1.33 bits per heavy atom. The van der Waals surface area contributed by atoms with Crippen molar-refractivity contribution in [2.24, 2.45) is 11.8 Å². The lowest BCUT2D eigenvalue weighted by atomic mass is 9.88. The Morgan fingerprint density at radius 1 is 0.778 bits per heavy atom. The van der Waals surface area contributed by atoms with E-state index in [1.807, 2.05) is 0 Å². The topological polar surface area (TPSA) is 12.0 Å². The van der Waals surface area contributed by atoms with Crippen LogP contribution in [-0.4, -0.2) is 13.1 Å². The first-order valence-electron chi connectivity index (χ1n) is 11.9. The second-order valence-electron chi connectivity index (χ2n) is 8.23. The minimum absolute atomic E-state index is 0.986. The molecule has 0 aromatic heterocycles. The summed E-state index contributed by atoms with van der Waals surface area (Å²) in [5.74, 6) is 2.07. The highest BCUT2D eigenvalue weighted by Crippen LogP contribution is 2.25. The Hall–Kier alpha value is -0.820. The molecule has 1 nitrogen and oxygen atoms in total. The highest BCUT2D eigenvalue weighted by molar-refractivity contribution is 5.20. The Balaban J connectivity index is 0.000000352. The van der Waals surface area contributed by atoms with Gasteiger partial charge in [-0.3, -0.25) is 0 Å². The number of benzene rings is 1. The predicted molar refractivity (Wildman–Crippen MR) is 125 cm³/mol. The van der Waals surface area contributed by atoms with Gasteiger partial charge < -0.3 is 5.32 Å². The lowest BCUT2D eigenvalue weighted by Crippen LogP contribution is -2.07. The van der Waals surface area contributed by atoms with Crippen molar-refractivity contribution in [1.82, 2.24) is 5.32 Å². The van der Waals surface area contributed by atoms with Crippen LogP contribution in [0.3, 0.4) is 0 Å². The summed E-state index contributed by atoms with van der Waals surface area (Å²) in [6.07, 6.45) is 14.1. The van der Waals surface area contributed by atoms with Crippen LogP contribution in [0, 0.1) is 18.8 Å². The summed E-state index contributed by atoms with van der Waals surface area (Å²) in [6, 6.07) is 8.66. The zero-order valence-corrected chi connectivity index (χ0v) is 19.4. The van der Waals surface area contributed by atoms with E-state index in [-0.39, 0.29) is 0 Å². The Kier molecular flexibility index (Phi) is 18.0. The van der Waals surface area contributed by atoms with Gasteiger partial charge in [0, 0.05) is 0 Å². The molecule has 2 fully saturated rings. The van der Waals surface area contributed by atoms with Crippen molar-refractivity contribution in [3.05, 3.63) is 35.4 Å². The maximum Gasteiger partial charge on any atom is -0.00201 e. The molecule has 27 heavy (non-hydrogen) atoms. The molecular formula is C26H49N. The molecule has 0 spiro atoms. The van der Waals surface area contributed by atoms with Gasteiger partial charge in [0.25, 0.3) is 0 Å². The molecule has 1 aliphatic carbocycles. The van der Waals surface area contributed by atoms with Gasteiger partial charge in [-0.1, -0.05) is 116 Å². The van der Waals surface area contributed by atoms with Crippen LogP contribution in [0.25, 0.3) is 0 Å². The van der Waals surface area contributed by atoms with Gasteiger partial charge >= 0.3 is 0 Å². The largest absolute Gasteiger partial charge is 0.316 e. The molecule has 1 saturated carbocycles. The molecule has 1 aromatic rings. The van der Waals surface area contributed by atoms with Crippen LogP contribution in [0.15, 0.2) is 24.3 Å². The van der Waals surface area contributed by atoms with E-state index in [1.54, 1.807) is 0 Å². The zero-order chi connectivity index (χ0) is 20.3. The van der Waals surface area contributed by atoms with Crippen molar-refractivity contribution in [2.75, 3.05) is 13.1 Å². The Labute approximate surface area is 171 Å². The summed E-state index contributed by atoms with van der Waals surface area (Å²) in [5.41, 5.74) is 2.76. The molecule has 0 radical (unpaired) electrons. The van der Waals surface area contributed by atoms with Crippen molar-refractivity contribution in [3.63, 3.8) is 0 Å². The van der Waals surface area contributed by atoms with E-state index in [1.165, 1.54) is 82.0 Å². The van der Waals surface area contributed by atoms with Crippen LogP contribution in [-0.2, 0) is 6.42 Å². The molecule has 1 atom stereocenters. The number of aryl methyl sites for hydroxylation is 2. The van der Waals surface area contributed by atoms with E-state index >= 15 is 0 Å². The van der Waals surface area contributed by atoms with Crippen molar-refractivity contribution in [1.29, 1.82) is 0 Å². The summed E-state index contributed by atoms with van der Waals surface area (Å²) in [6.45, 7) is 15.6. The molecule has 1 unspecified atom stereocenters. The first-order chi connectivity index (χ1) is 13.1. The average molecular weight is 376 g/mol. The van der Waals surface area contributed by atoms with Gasteiger partial charge in [0.05, 0.1) is 0 Å². The van der Waals surface area contributed by atoms with Crippen LogP contribution in [0.1, 0.15) is 104 Å². The van der Waals surface area contributed by atoms with Crippen LogP contribution in [0.5, 0.6) is 0 Å². The number of rotatable bonds is 3. The smallest absolute Gasteiger partial charge is 0.00201 e. The molecule has 1 aromatic carbocycles. The normalized spacial score (nSPS) is 19.0. The van der Waals surface area contributed by atoms with E-state index < -0.39 is 0 Å². The van der Waals surface area contributed by atoms with Gasteiger partial charge in [0.15, 0.2) is 0 Å². The SMILES string of the molecule is CCC.CCC1CCCCC1.CCC1CCNC1.CCc1ccc(C)cc1. The average Bonchev–Trinajstić information content (AvgIpc) is 3.25. The third-order valence-electron chi connectivity index (χ3n) is 5.57. The van der Waals surface area contributed by atoms with E-state index in [0.717, 1.165) is 18.3 Å². The van der Waals surface area contributed by atoms with Crippen molar-refractivity contribution < 1.29 is 0 Å². The van der Waals surface area contributed by atoms with Gasteiger partial charge in [0.2, 0.25) is 0 Å². The van der Waals surface area contributed by atoms with Crippen molar-refractivity contribution in [3.8, 4) is 0 Å². The molecule has 1 heteroatoms. The lowest BCUT2D eigenvalue weighted by molar-refractivity contribution is 0.349. The van der Waals surface area contributed by atoms with Crippen LogP contribution < -0.4 is 5.32 Å². The van der Waals surface area contributed by atoms with Crippen molar-refractivity contribution in [2.45, 2.75) is 106 Å². The van der Waals surface area contributed by atoms with Crippen LogP contribution in [0.2, 0.25) is 0 Å². The summed E-state index contributed by atoms with van der Waals surface area (Å²) in [4.78, 5) is 0. The molecular weight excluding hydrogens is 326 g/mol. The summed E-state index contributed by atoms with van der Waals surface area (Å²) < 4.78 is 0. The fourth-order valence-electron chi connectivity index (χ4n) is 3.48. The fourth-order valence-corrected chi connectivity index (χ4v) is 3.48. The molecule has 2 aliphatic rings. The van der Waals surface area contributed by atoms with Gasteiger partial charge in [-0.25, -0.2) is 0 Å². The second-order valence-corrected chi connectivity index (χ2v) is 8.23. The summed E-state index contributed by atoms with van der Waals surface area (Å²) in [5, 5.41) is 3.32. The number of hydrogen-bond donors (Lipinski definition) is 1. The summed E-state index contributed by atoms with van der Waals surface area (Å²) >= 11 is 0. The quantitative estimate of drug-likeness (QED) is 0.565. The molecule has 1 N–H and O–H groups in total. The van der Waals surface area contributed by atoms with Crippen molar-refractivity contribution >= 4 is 0 Å². The monoisotopic (exact) mass is 375 g/mol. The Bertz CT molecular complexity index is 397. The molecule has 1 saturated heterocycles. The molecule has 1 aliphatic heterocycles. The maximum atomic E-state index is 3.32. The van der Waals surface area contributed by atoms with E-state index in [4.69, 9.17) is 0 Å². The third-order valence-corrected chi connectivity index (χ3v) is 5.57. The molecule has 0 bridgehead atoms. The lowest BCUT2D eigenvalue weighted by Gasteiger charge is -2.18. The van der Waals surface area contributed by atoms with Crippen LogP contribution >= 0.6 is 0 Å². The summed E-state index contributed by atoms with van der Waals surface area (Å²) in [7, 11) is 0. The highest BCUT2D eigenvalue weighted by Gasteiger charge is 2.10. The van der Waals surface area contributed by atoms with Gasteiger partial charge in [-0.05, 0) is 50.3 Å². The van der Waals surface area contributed by atoms with Gasteiger partial charge in [0.1, 0.15) is 0 Å². The minimum atomic E-state index is 0.986. The third kappa shape index (κ3) is 14.9. The van der Waals surface area contributed by atoms with E-state index in [2.05, 4.69) is 71.1 Å². The number of hydrogen-bond acceptors (Lipinski definition) is 1. The zero-order valence-electron chi connectivity index (χ0n) is 19.4. The molecule has 3 rings (SSSR count). The first kappa shape index (κ1) is 26.2. The maximum absolute atomic E-state index is 3.32.